The van der Waals surface area contributed by atoms with Crippen LogP contribution in [0.1, 0.15) is 30.0 Å². The molecule has 0 unspecified atom stereocenters. The van der Waals surface area contributed by atoms with Crippen molar-refractivity contribution in [3.8, 4) is 11.3 Å². The fourth-order valence-electron chi connectivity index (χ4n) is 1.74. The van der Waals surface area contributed by atoms with E-state index in [2.05, 4.69) is 0 Å². The number of carboxylic acid groups (broad SMARTS) is 1. The monoisotopic (exact) mass is 242 g/mol. The molecule has 0 saturated carbocycles. The van der Waals surface area contributed by atoms with Gasteiger partial charge in [-0.3, -0.25) is 0 Å². The highest BCUT2D eigenvalue weighted by Gasteiger charge is 2.13. The van der Waals surface area contributed by atoms with Gasteiger partial charge in [0.25, 0.3) is 0 Å². The Bertz CT molecular complexity index is 602. The number of carboxylic acids is 1. The number of hydrogen-bond acceptors (Lipinski definition) is 2. The molecule has 0 bridgehead atoms. The number of hydrogen-bond donors (Lipinski definition) is 1. The molecule has 0 fully saturated rings. The highest BCUT2D eigenvalue weighted by atomic mass is 16.4. The third kappa shape index (κ3) is 2.51. The molecule has 0 spiro atoms. The van der Waals surface area contributed by atoms with Crippen molar-refractivity contribution in [2.45, 2.75) is 13.8 Å². The molecule has 1 aromatic heterocycles. The molecule has 3 nitrogen and oxygen atoms in total. The van der Waals surface area contributed by atoms with Gasteiger partial charge in [0.15, 0.2) is 0 Å². The normalized spacial score (nSPS) is 10.1. The minimum absolute atomic E-state index is 0.246. The van der Waals surface area contributed by atoms with Crippen LogP contribution in [0.15, 0.2) is 46.4 Å². The maximum absolute atomic E-state index is 11.1. The molecule has 92 valence electrons. The lowest BCUT2D eigenvalue weighted by atomic mass is 10.1. The van der Waals surface area contributed by atoms with Crippen LogP contribution in [-0.4, -0.2) is 11.1 Å². The van der Waals surface area contributed by atoms with Crippen molar-refractivity contribution < 1.29 is 14.3 Å². The maximum Gasteiger partial charge on any atom is 0.336 e. The summed E-state index contributed by atoms with van der Waals surface area (Å²) in [5.41, 5.74) is 1.97. The topological polar surface area (TPSA) is 50.4 Å². The first-order valence-corrected chi connectivity index (χ1v) is 5.65. The average Bonchev–Trinajstić information content (AvgIpc) is 2.76. The van der Waals surface area contributed by atoms with E-state index < -0.39 is 5.97 Å². The predicted molar refractivity (Wildman–Crippen MR) is 70.4 cm³/mol. The molecule has 0 aliphatic heterocycles. The van der Waals surface area contributed by atoms with E-state index in [1.54, 1.807) is 30.3 Å². The zero-order valence-electron chi connectivity index (χ0n) is 10.3. The highest BCUT2D eigenvalue weighted by Crippen LogP contribution is 2.26. The van der Waals surface area contributed by atoms with E-state index in [9.17, 15) is 4.79 Å². The second-order valence-electron chi connectivity index (χ2n) is 4.27. The number of carbonyl (C=O) groups is 1. The minimum Gasteiger partial charge on any atom is -0.478 e. The lowest BCUT2D eigenvalue weighted by Crippen LogP contribution is -1.98. The average molecular weight is 242 g/mol. The predicted octanol–water partition coefficient (Wildman–Crippen LogP) is 4.07. The first-order chi connectivity index (χ1) is 8.58. The lowest BCUT2D eigenvalue weighted by Gasteiger charge is -2.01. The van der Waals surface area contributed by atoms with Crippen molar-refractivity contribution in [2.75, 3.05) is 0 Å². The van der Waals surface area contributed by atoms with Gasteiger partial charge in [-0.15, -0.1) is 0 Å². The first-order valence-electron chi connectivity index (χ1n) is 5.65. The molecule has 1 aromatic carbocycles. The van der Waals surface area contributed by atoms with Crippen LogP contribution in [0.5, 0.6) is 0 Å². The Balaban J connectivity index is 2.46. The molecular formula is C15H14O3. The van der Waals surface area contributed by atoms with E-state index in [4.69, 9.17) is 9.52 Å². The van der Waals surface area contributed by atoms with Crippen LogP contribution in [0.25, 0.3) is 17.4 Å². The Kier molecular flexibility index (Phi) is 3.33. The Morgan fingerprint density at radius 2 is 1.89 bits per heavy atom. The maximum atomic E-state index is 11.1. The van der Waals surface area contributed by atoms with Crippen molar-refractivity contribution in [3.05, 3.63) is 53.3 Å². The number of rotatable bonds is 3. The summed E-state index contributed by atoms with van der Waals surface area (Å²) in [6.07, 6.45) is 1.91. The molecule has 1 N–H and O–H groups in total. The summed E-state index contributed by atoms with van der Waals surface area (Å²) in [4.78, 5) is 11.1. The fourth-order valence-corrected chi connectivity index (χ4v) is 1.74. The van der Waals surface area contributed by atoms with Gasteiger partial charge in [0.2, 0.25) is 0 Å². The summed E-state index contributed by atoms with van der Waals surface area (Å²) >= 11 is 0. The van der Waals surface area contributed by atoms with E-state index >= 15 is 0 Å². The van der Waals surface area contributed by atoms with Gasteiger partial charge >= 0.3 is 5.97 Å². The number of benzene rings is 1. The van der Waals surface area contributed by atoms with Gasteiger partial charge in [0.1, 0.15) is 11.5 Å². The Morgan fingerprint density at radius 1 is 1.17 bits per heavy atom. The largest absolute Gasteiger partial charge is 0.478 e. The van der Waals surface area contributed by atoms with Crippen LogP contribution in [0.4, 0.5) is 0 Å². The van der Waals surface area contributed by atoms with Gasteiger partial charge < -0.3 is 9.52 Å². The molecule has 2 rings (SSSR count). The second kappa shape index (κ2) is 4.92. The molecular weight excluding hydrogens is 228 g/mol. The van der Waals surface area contributed by atoms with Crippen LogP contribution < -0.4 is 0 Å². The van der Waals surface area contributed by atoms with E-state index in [0.29, 0.717) is 11.3 Å². The molecule has 0 atom stereocenters. The lowest BCUT2D eigenvalue weighted by molar-refractivity contribution is 0.0697. The Hall–Kier alpha value is -2.29. The summed E-state index contributed by atoms with van der Waals surface area (Å²) in [5, 5.41) is 9.13. The molecule has 18 heavy (non-hydrogen) atoms. The van der Waals surface area contributed by atoms with Crippen LogP contribution >= 0.6 is 0 Å². The van der Waals surface area contributed by atoms with E-state index in [1.165, 1.54) is 0 Å². The Morgan fingerprint density at radius 3 is 2.56 bits per heavy atom. The number of furan rings is 1. The van der Waals surface area contributed by atoms with Gasteiger partial charge in [-0.1, -0.05) is 23.8 Å². The van der Waals surface area contributed by atoms with Gasteiger partial charge in [-0.25, -0.2) is 4.79 Å². The summed E-state index contributed by atoms with van der Waals surface area (Å²) in [5.74, 6) is 0.344. The summed E-state index contributed by atoms with van der Waals surface area (Å²) < 4.78 is 5.63. The van der Waals surface area contributed by atoms with Crippen molar-refractivity contribution in [2.24, 2.45) is 0 Å². The Labute approximate surface area is 105 Å². The van der Waals surface area contributed by atoms with Gasteiger partial charge in [-0.2, -0.15) is 0 Å². The molecule has 0 radical (unpaired) electrons. The van der Waals surface area contributed by atoms with Crippen molar-refractivity contribution in [3.63, 3.8) is 0 Å². The fraction of sp³-hybridized carbons (Fsp3) is 0.133. The zero-order chi connectivity index (χ0) is 13.1. The summed E-state index contributed by atoms with van der Waals surface area (Å²) in [6, 6.07) is 10.4. The van der Waals surface area contributed by atoms with Crippen LogP contribution in [0.3, 0.4) is 0 Å². The molecule has 0 amide bonds. The smallest absolute Gasteiger partial charge is 0.336 e. The van der Waals surface area contributed by atoms with E-state index in [0.717, 1.165) is 11.3 Å². The van der Waals surface area contributed by atoms with Crippen LogP contribution in [0.2, 0.25) is 0 Å². The molecule has 2 aromatic rings. The first kappa shape index (κ1) is 12.2. The zero-order valence-corrected chi connectivity index (χ0v) is 10.3. The molecule has 0 saturated heterocycles. The van der Waals surface area contributed by atoms with Gasteiger partial charge in [0.05, 0.1) is 5.56 Å². The van der Waals surface area contributed by atoms with Gasteiger partial charge in [0, 0.05) is 5.56 Å². The van der Waals surface area contributed by atoms with Gasteiger partial charge in [-0.05, 0) is 38.1 Å². The molecule has 0 aliphatic rings. The van der Waals surface area contributed by atoms with Crippen molar-refractivity contribution in [1.82, 2.24) is 0 Å². The van der Waals surface area contributed by atoms with E-state index in [-0.39, 0.29) is 5.56 Å². The summed E-state index contributed by atoms with van der Waals surface area (Å²) in [6.45, 7) is 3.96. The van der Waals surface area contributed by atoms with Crippen LogP contribution in [-0.2, 0) is 0 Å². The van der Waals surface area contributed by atoms with E-state index in [1.807, 2.05) is 26.0 Å². The quantitative estimate of drug-likeness (QED) is 0.882. The molecule has 1 heterocycles. The minimum atomic E-state index is -0.953. The standard InChI is InChI=1S/C15H14O3/c1-10(2)9-11-7-8-14(18-11)12-5-3-4-6-13(12)15(16)17/h3-9H,1-2H3,(H,16,17). The number of aromatic carboxylic acids is 1. The molecule has 0 aliphatic carbocycles. The van der Waals surface area contributed by atoms with Crippen LogP contribution in [0, 0.1) is 0 Å². The summed E-state index contributed by atoms with van der Waals surface area (Å²) in [7, 11) is 0. The third-order valence-corrected chi connectivity index (χ3v) is 2.48. The van der Waals surface area contributed by atoms with Crippen molar-refractivity contribution >= 4 is 12.0 Å². The SMILES string of the molecule is CC(C)=Cc1ccc(-c2ccccc2C(=O)O)o1. The third-order valence-electron chi connectivity index (χ3n) is 2.48. The molecule has 3 heteroatoms. The highest BCUT2D eigenvalue weighted by molar-refractivity contribution is 5.95. The van der Waals surface area contributed by atoms with Crippen molar-refractivity contribution in [1.29, 1.82) is 0 Å². The second-order valence-corrected chi connectivity index (χ2v) is 4.27. The number of allylic oxidation sites excluding steroid dienone is 1.